The third-order valence-electron chi connectivity index (χ3n) is 5.96. The van der Waals surface area contributed by atoms with Gasteiger partial charge in [0.25, 0.3) is 0 Å². The number of thiophene rings is 1. The standard InChI is InChI=1S/C24H28N4O2S/c29-22(6-10-24(11-7-23(30)27-24)16-19-9-15-31-17-19)26-21(20-4-2-1-3-5-20)8-13-28-14-12-25-18-28/h1-5,9,12,14-15,17-18,21H,6-8,10-11,13,16H2,(H,26,29)(H,27,30)/t21-,24-/m0/s1. The molecule has 2 amide bonds. The van der Waals surface area contributed by atoms with Gasteiger partial charge in [0.2, 0.25) is 11.8 Å². The monoisotopic (exact) mass is 436 g/mol. The SMILES string of the molecule is O=C(CC[C@@]1(Cc2ccsc2)CCC(=O)N1)N[C@@H](CCn1ccnc1)c1ccccc1. The Bertz CT molecular complexity index is 972. The molecule has 2 atom stereocenters. The van der Waals surface area contributed by atoms with Gasteiger partial charge < -0.3 is 15.2 Å². The second-order valence-corrected chi connectivity index (χ2v) is 9.04. The van der Waals surface area contributed by atoms with Crippen molar-refractivity contribution >= 4 is 23.2 Å². The summed E-state index contributed by atoms with van der Waals surface area (Å²) in [5.41, 5.74) is 1.99. The second kappa shape index (κ2) is 9.92. The molecule has 1 aromatic carbocycles. The molecule has 2 aromatic heterocycles. The van der Waals surface area contributed by atoms with Crippen molar-refractivity contribution in [3.63, 3.8) is 0 Å². The van der Waals surface area contributed by atoms with E-state index in [4.69, 9.17) is 0 Å². The van der Waals surface area contributed by atoms with Crippen LogP contribution < -0.4 is 10.6 Å². The Labute approximate surface area is 186 Å². The fourth-order valence-corrected chi connectivity index (χ4v) is 4.96. The number of aromatic nitrogens is 2. The molecule has 6 nitrogen and oxygen atoms in total. The molecule has 31 heavy (non-hydrogen) atoms. The Morgan fingerprint density at radius 3 is 2.84 bits per heavy atom. The van der Waals surface area contributed by atoms with Crippen LogP contribution >= 0.6 is 11.3 Å². The molecule has 0 aliphatic carbocycles. The Kier molecular flexibility index (Phi) is 6.82. The highest BCUT2D eigenvalue weighted by molar-refractivity contribution is 7.07. The summed E-state index contributed by atoms with van der Waals surface area (Å²) in [6.45, 7) is 0.776. The van der Waals surface area contributed by atoms with Gasteiger partial charge in [-0.3, -0.25) is 9.59 Å². The molecule has 4 rings (SSSR count). The zero-order valence-electron chi connectivity index (χ0n) is 17.5. The average Bonchev–Trinajstić information content (AvgIpc) is 3.54. The lowest BCUT2D eigenvalue weighted by molar-refractivity contribution is -0.123. The summed E-state index contributed by atoms with van der Waals surface area (Å²) in [6.07, 6.45) is 9.38. The van der Waals surface area contributed by atoms with Crippen molar-refractivity contribution in [1.82, 2.24) is 20.2 Å². The first kappa shape index (κ1) is 21.3. The maximum atomic E-state index is 12.9. The van der Waals surface area contributed by atoms with Gasteiger partial charge in [0.05, 0.1) is 12.4 Å². The van der Waals surface area contributed by atoms with E-state index in [1.54, 1.807) is 23.9 Å². The van der Waals surface area contributed by atoms with Gasteiger partial charge in [0.15, 0.2) is 0 Å². The third kappa shape index (κ3) is 5.82. The van der Waals surface area contributed by atoms with Gasteiger partial charge in [-0.15, -0.1) is 0 Å². The summed E-state index contributed by atoms with van der Waals surface area (Å²) in [5, 5.41) is 10.6. The van der Waals surface area contributed by atoms with Gasteiger partial charge >= 0.3 is 0 Å². The summed E-state index contributed by atoms with van der Waals surface area (Å²) in [6, 6.07) is 12.1. The van der Waals surface area contributed by atoms with Crippen molar-refractivity contribution in [2.24, 2.45) is 0 Å². The summed E-state index contributed by atoms with van der Waals surface area (Å²) < 4.78 is 2.02. The number of carbonyl (C=O) groups excluding carboxylic acids is 2. The Morgan fingerprint density at radius 2 is 2.16 bits per heavy atom. The number of nitrogens with zero attached hydrogens (tertiary/aromatic N) is 2. The lowest BCUT2D eigenvalue weighted by atomic mass is 9.85. The number of carbonyl (C=O) groups is 2. The summed E-state index contributed by atoms with van der Waals surface area (Å²) in [5.74, 6) is 0.100. The predicted octanol–water partition coefficient (Wildman–Crippen LogP) is 3.86. The molecule has 3 heterocycles. The van der Waals surface area contributed by atoms with Crippen molar-refractivity contribution in [1.29, 1.82) is 0 Å². The van der Waals surface area contributed by atoms with Crippen LogP contribution in [0.1, 0.15) is 49.3 Å². The van der Waals surface area contributed by atoms with Gasteiger partial charge in [-0.05, 0) is 53.6 Å². The van der Waals surface area contributed by atoms with E-state index in [1.165, 1.54) is 5.56 Å². The van der Waals surface area contributed by atoms with Crippen LogP contribution in [0.15, 0.2) is 65.9 Å². The molecule has 2 N–H and O–H groups in total. The normalized spacial score (nSPS) is 19.2. The van der Waals surface area contributed by atoms with Crippen LogP contribution in [0.5, 0.6) is 0 Å². The van der Waals surface area contributed by atoms with Crippen LogP contribution in [0.2, 0.25) is 0 Å². The zero-order valence-corrected chi connectivity index (χ0v) is 18.3. The molecular weight excluding hydrogens is 408 g/mol. The molecular formula is C24H28N4O2S. The maximum absolute atomic E-state index is 12.9. The van der Waals surface area contributed by atoms with E-state index in [-0.39, 0.29) is 23.4 Å². The number of nitrogens with one attached hydrogen (secondary N) is 2. The molecule has 1 aliphatic rings. The molecule has 162 valence electrons. The summed E-state index contributed by atoms with van der Waals surface area (Å²) >= 11 is 1.66. The smallest absolute Gasteiger partial charge is 0.220 e. The first-order valence-corrected chi connectivity index (χ1v) is 11.7. The number of benzene rings is 1. The molecule has 7 heteroatoms. The number of amides is 2. The van der Waals surface area contributed by atoms with E-state index >= 15 is 0 Å². The first-order valence-electron chi connectivity index (χ1n) is 10.7. The molecule has 3 aromatic rings. The van der Waals surface area contributed by atoms with Gasteiger partial charge in [0, 0.05) is 37.3 Å². The van der Waals surface area contributed by atoms with Crippen LogP contribution in [0, 0.1) is 0 Å². The quantitative estimate of drug-likeness (QED) is 0.507. The van der Waals surface area contributed by atoms with Crippen molar-refractivity contribution in [3.8, 4) is 0 Å². The van der Waals surface area contributed by atoms with E-state index in [2.05, 4.69) is 32.4 Å². The maximum Gasteiger partial charge on any atom is 0.220 e. The summed E-state index contributed by atoms with van der Waals surface area (Å²) in [4.78, 5) is 29.0. The first-order chi connectivity index (χ1) is 15.1. The lowest BCUT2D eigenvalue weighted by Gasteiger charge is -2.29. The van der Waals surface area contributed by atoms with E-state index in [0.29, 0.717) is 19.3 Å². The predicted molar refractivity (Wildman–Crippen MR) is 122 cm³/mol. The summed E-state index contributed by atoms with van der Waals surface area (Å²) in [7, 11) is 0. The minimum absolute atomic E-state index is 0.0188. The van der Waals surface area contributed by atoms with Gasteiger partial charge in [0.1, 0.15) is 0 Å². The largest absolute Gasteiger partial charge is 0.350 e. The second-order valence-electron chi connectivity index (χ2n) is 8.26. The van der Waals surface area contributed by atoms with Crippen LogP contribution in [0.3, 0.4) is 0 Å². The van der Waals surface area contributed by atoms with Gasteiger partial charge in [-0.25, -0.2) is 4.98 Å². The molecule has 0 bridgehead atoms. The van der Waals surface area contributed by atoms with Crippen LogP contribution in [-0.2, 0) is 22.6 Å². The van der Waals surface area contributed by atoms with Gasteiger partial charge in [-0.1, -0.05) is 30.3 Å². The van der Waals surface area contributed by atoms with E-state index in [9.17, 15) is 9.59 Å². The van der Waals surface area contributed by atoms with Crippen molar-refractivity contribution in [2.75, 3.05) is 0 Å². The number of hydrogen-bond acceptors (Lipinski definition) is 4. The van der Waals surface area contributed by atoms with Crippen LogP contribution in [0.25, 0.3) is 0 Å². The average molecular weight is 437 g/mol. The molecule has 1 saturated heterocycles. The minimum atomic E-state index is -0.325. The highest BCUT2D eigenvalue weighted by atomic mass is 32.1. The van der Waals surface area contributed by atoms with Crippen LogP contribution in [-0.4, -0.2) is 26.9 Å². The Hall–Kier alpha value is -2.93. The fraction of sp³-hybridized carbons (Fsp3) is 0.375. The van der Waals surface area contributed by atoms with Crippen molar-refractivity contribution in [2.45, 2.75) is 56.7 Å². The van der Waals surface area contributed by atoms with E-state index < -0.39 is 0 Å². The highest BCUT2D eigenvalue weighted by Crippen LogP contribution is 2.30. The molecule has 1 fully saturated rings. The Balaban J connectivity index is 1.38. The number of hydrogen-bond donors (Lipinski definition) is 2. The topological polar surface area (TPSA) is 76.0 Å². The highest BCUT2D eigenvalue weighted by Gasteiger charge is 2.38. The van der Waals surface area contributed by atoms with Gasteiger partial charge in [-0.2, -0.15) is 11.3 Å². The fourth-order valence-electron chi connectivity index (χ4n) is 4.29. The lowest BCUT2D eigenvalue weighted by Crippen LogP contribution is -2.44. The number of aryl methyl sites for hydroxylation is 1. The van der Waals surface area contributed by atoms with Crippen molar-refractivity contribution in [3.05, 3.63) is 77.0 Å². The van der Waals surface area contributed by atoms with E-state index in [1.807, 2.05) is 41.1 Å². The molecule has 0 spiro atoms. The third-order valence-corrected chi connectivity index (χ3v) is 6.69. The molecule has 1 aliphatic heterocycles. The molecule has 0 saturated carbocycles. The van der Waals surface area contributed by atoms with E-state index in [0.717, 1.165) is 31.4 Å². The number of rotatable bonds is 10. The van der Waals surface area contributed by atoms with Crippen LogP contribution in [0.4, 0.5) is 0 Å². The van der Waals surface area contributed by atoms with Crippen molar-refractivity contribution < 1.29 is 9.59 Å². The molecule has 0 radical (unpaired) electrons. The Morgan fingerprint density at radius 1 is 1.29 bits per heavy atom. The minimum Gasteiger partial charge on any atom is -0.350 e. The number of imidazole rings is 1. The zero-order chi connectivity index (χ0) is 21.5. The molecule has 0 unspecified atom stereocenters.